The standard InChI is InChI=1S/C28H35ClF2N6O3/c1-27(7-9-28(30,31)10-8-27)16-23(38)32-18-24(39)37-13-11-36(12-14-37)19-20-15-21(29)17-33-25(20)35-26(40)34-22-5-3-2-4-6-22/h2-6,15,17H,7-14,16,18-19H2,1H3,(H,32,38)(H2,33,34,35,40). The molecule has 1 saturated carbocycles. The lowest BCUT2D eigenvalue weighted by molar-refractivity contribution is -0.135. The monoisotopic (exact) mass is 576 g/mol. The number of hydrogen-bond acceptors (Lipinski definition) is 5. The SMILES string of the molecule is CC1(CC(=O)NCC(=O)N2CCN(Cc3cc(Cl)cnc3NC(=O)Nc3ccccc3)CC2)CCC(F)(F)CC1. The van der Waals surface area contributed by atoms with Crippen molar-refractivity contribution >= 4 is 41.0 Å². The van der Waals surface area contributed by atoms with E-state index < -0.39 is 17.4 Å². The van der Waals surface area contributed by atoms with E-state index in [1.165, 1.54) is 6.20 Å². The number of piperazine rings is 1. The molecular weight excluding hydrogens is 542 g/mol. The minimum atomic E-state index is -2.65. The quantitative estimate of drug-likeness (QED) is 0.421. The van der Waals surface area contributed by atoms with Crippen LogP contribution in [-0.2, 0) is 16.1 Å². The maximum atomic E-state index is 13.5. The van der Waals surface area contributed by atoms with Gasteiger partial charge in [-0.3, -0.25) is 19.8 Å². The highest BCUT2D eigenvalue weighted by atomic mass is 35.5. The Kier molecular flexibility index (Phi) is 9.57. The second-order valence-corrected chi connectivity index (χ2v) is 11.3. The van der Waals surface area contributed by atoms with Gasteiger partial charge in [0, 0.05) is 69.4 Å². The van der Waals surface area contributed by atoms with E-state index in [0.29, 0.717) is 62.1 Å². The van der Waals surface area contributed by atoms with Crippen LogP contribution in [0.3, 0.4) is 0 Å². The smallest absolute Gasteiger partial charge is 0.324 e. The number of hydrogen-bond donors (Lipinski definition) is 3. The summed E-state index contributed by atoms with van der Waals surface area (Å²) in [6, 6.07) is 10.4. The highest BCUT2D eigenvalue weighted by Gasteiger charge is 2.41. The Bertz CT molecular complexity index is 1200. The number of nitrogens with zero attached hydrogens (tertiary/aromatic N) is 3. The molecule has 4 rings (SSSR count). The van der Waals surface area contributed by atoms with Gasteiger partial charge in [-0.15, -0.1) is 0 Å². The molecule has 40 heavy (non-hydrogen) atoms. The van der Waals surface area contributed by atoms with Crippen molar-refractivity contribution in [2.75, 3.05) is 43.4 Å². The number of nitrogens with one attached hydrogen (secondary N) is 3. The molecule has 1 aromatic carbocycles. The predicted molar refractivity (Wildman–Crippen MR) is 149 cm³/mol. The van der Waals surface area contributed by atoms with Crippen LogP contribution >= 0.6 is 11.6 Å². The van der Waals surface area contributed by atoms with Gasteiger partial charge in [-0.25, -0.2) is 18.6 Å². The third-order valence-electron chi connectivity index (χ3n) is 7.53. The van der Waals surface area contributed by atoms with Gasteiger partial charge in [0.05, 0.1) is 11.6 Å². The first-order valence-electron chi connectivity index (χ1n) is 13.4. The van der Waals surface area contributed by atoms with Gasteiger partial charge in [-0.1, -0.05) is 36.7 Å². The minimum Gasteiger partial charge on any atom is -0.347 e. The second kappa shape index (κ2) is 12.9. The maximum Gasteiger partial charge on any atom is 0.324 e. The Hall–Kier alpha value is -3.31. The summed E-state index contributed by atoms with van der Waals surface area (Å²) in [5, 5.41) is 8.66. The number of para-hydroxylation sites is 1. The number of alkyl halides is 2. The molecule has 0 atom stereocenters. The van der Waals surface area contributed by atoms with Crippen molar-refractivity contribution in [2.24, 2.45) is 5.41 Å². The van der Waals surface area contributed by atoms with Gasteiger partial charge < -0.3 is 15.5 Å². The van der Waals surface area contributed by atoms with Crippen LogP contribution in [0.15, 0.2) is 42.6 Å². The van der Waals surface area contributed by atoms with Crippen LogP contribution < -0.4 is 16.0 Å². The second-order valence-electron chi connectivity index (χ2n) is 10.9. The number of carbonyl (C=O) groups excluding carboxylic acids is 3. The van der Waals surface area contributed by atoms with Gasteiger partial charge in [-0.2, -0.15) is 0 Å². The molecule has 0 spiro atoms. The number of anilines is 2. The summed E-state index contributed by atoms with van der Waals surface area (Å²) in [7, 11) is 0. The number of rotatable bonds is 8. The first-order valence-corrected chi connectivity index (χ1v) is 13.8. The van der Waals surface area contributed by atoms with E-state index in [1.54, 1.807) is 23.1 Å². The molecule has 0 unspecified atom stereocenters. The number of halogens is 3. The zero-order chi connectivity index (χ0) is 28.8. The third-order valence-corrected chi connectivity index (χ3v) is 7.74. The number of pyridine rings is 1. The van der Waals surface area contributed by atoms with Gasteiger partial charge in [0.2, 0.25) is 17.7 Å². The third kappa shape index (κ3) is 8.59. The number of aromatic nitrogens is 1. The fraction of sp³-hybridized carbons (Fsp3) is 0.500. The number of carbonyl (C=O) groups is 3. The fourth-order valence-corrected chi connectivity index (χ4v) is 5.21. The minimum absolute atomic E-state index is 0.117. The van der Waals surface area contributed by atoms with Crippen LogP contribution in [0.5, 0.6) is 0 Å². The van der Waals surface area contributed by atoms with Crippen LogP contribution in [0, 0.1) is 5.41 Å². The molecule has 1 aliphatic carbocycles. The molecule has 2 aliphatic rings. The van der Waals surface area contributed by atoms with Gasteiger partial charge in [0.25, 0.3) is 0 Å². The molecule has 1 aromatic heterocycles. The van der Waals surface area contributed by atoms with Crippen molar-refractivity contribution in [3.05, 3.63) is 53.2 Å². The highest BCUT2D eigenvalue weighted by molar-refractivity contribution is 6.30. The van der Waals surface area contributed by atoms with E-state index in [1.807, 2.05) is 25.1 Å². The lowest BCUT2D eigenvalue weighted by Crippen LogP contribution is -2.51. The molecule has 12 heteroatoms. The Morgan fingerprint density at radius 2 is 1.68 bits per heavy atom. The molecule has 2 aromatic rings. The van der Waals surface area contributed by atoms with Crippen molar-refractivity contribution in [1.29, 1.82) is 0 Å². The number of benzene rings is 1. The van der Waals surface area contributed by atoms with Gasteiger partial charge in [0.1, 0.15) is 5.82 Å². The number of amides is 4. The van der Waals surface area contributed by atoms with E-state index in [-0.39, 0.29) is 37.6 Å². The molecule has 1 aliphatic heterocycles. The van der Waals surface area contributed by atoms with Crippen molar-refractivity contribution in [3.8, 4) is 0 Å². The summed E-state index contributed by atoms with van der Waals surface area (Å²) in [6.07, 6.45) is 1.78. The molecule has 2 heterocycles. The Balaban J connectivity index is 1.22. The van der Waals surface area contributed by atoms with Crippen molar-refractivity contribution in [2.45, 2.75) is 51.5 Å². The molecule has 1 saturated heterocycles. The topological polar surface area (TPSA) is 107 Å². The van der Waals surface area contributed by atoms with Gasteiger partial charge >= 0.3 is 6.03 Å². The predicted octanol–water partition coefficient (Wildman–Crippen LogP) is 4.75. The summed E-state index contributed by atoms with van der Waals surface area (Å²) >= 11 is 6.18. The largest absolute Gasteiger partial charge is 0.347 e. The Morgan fingerprint density at radius 1 is 1.00 bits per heavy atom. The first kappa shape index (κ1) is 29.7. The molecule has 4 amide bonds. The lowest BCUT2D eigenvalue weighted by atomic mass is 9.72. The van der Waals surface area contributed by atoms with Crippen molar-refractivity contribution < 1.29 is 23.2 Å². The fourth-order valence-electron chi connectivity index (χ4n) is 5.03. The van der Waals surface area contributed by atoms with Crippen LogP contribution in [0.2, 0.25) is 5.02 Å². The van der Waals surface area contributed by atoms with Crippen LogP contribution in [0.4, 0.5) is 25.1 Å². The van der Waals surface area contributed by atoms with Crippen LogP contribution in [-0.4, -0.2) is 71.3 Å². The molecule has 3 N–H and O–H groups in total. The Labute approximate surface area is 237 Å². The number of urea groups is 1. The summed E-state index contributed by atoms with van der Waals surface area (Å²) in [6.45, 7) is 4.36. The van der Waals surface area contributed by atoms with Crippen LogP contribution in [0.1, 0.15) is 44.6 Å². The van der Waals surface area contributed by atoms with Crippen molar-refractivity contribution in [1.82, 2.24) is 20.1 Å². The molecule has 0 bridgehead atoms. The summed E-state index contributed by atoms with van der Waals surface area (Å²) in [5.41, 5.74) is 0.933. The molecule has 2 fully saturated rings. The van der Waals surface area contributed by atoms with Crippen LogP contribution in [0.25, 0.3) is 0 Å². The lowest BCUT2D eigenvalue weighted by Gasteiger charge is -2.37. The summed E-state index contributed by atoms with van der Waals surface area (Å²) in [4.78, 5) is 45.7. The van der Waals surface area contributed by atoms with E-state index >= 15 is 0 Å². The average Bonchev–Trinajstić information content (AvgIpc) is 2.92. The summed E-state index contributed by atoms with van der Waals surface area (Å²) < 4.78 is 26.9. The zero-order valence-electron chi connectivity index (χ0n) is 22.5. The molecular formula is C28H35ClF2N6O3. The van der Waals surface area contributed by atoms with Gasteiger partial charge in [-0.05, 0) is 36.5 Å². The normalized spacial score (nSPS) is 18.6. The molecule has 0 radical (unpaired) electrons. The van der Waals surface area contributed by atoms with E-state index in [2.05, 4.69) is 25.8 Å². The van der Waals surface area contributed by atoms with E-state index in [9.17, 15) is 23.2 Å². The maximum absolute atomic E-state index is 13.5. The molecule has 9 nitrogen and oxygen atoms in total. The van der Waals surface area contributed by atoms with E-state index in [4.69, 9.17) is 11.6 Å². The first-order chi connectivity index (χ1) is 19.0. The average molecular weight is 577 g/mol. The van der Waals surface area contributed by atoms with E-state index in [0.717, 1.165) is 5.56 Å². The molecule has 216 valence electrons. The Morgan fingerprint density at radius 3 is 2.35 bits per heavy atom. The summed E-state index contributed by atoms with van der Waals surface area (Å²) in [5.74, 6) is -2.72. The zero-order valence-corrected chi connectivity index (χ0v) is 23.3. The van der Waals surface area contributed by atoms with Gasteiger partial charge in [0.15, 0.2) is 0 Å². The van der Waals surface area contributed by atoms with Crippen molar-refractivity contribution in [3.63, 3.8) is 0 Å². The highest BCUT2D eigenvalue weighted by Crippen LogP contribution is 2.45.